The molecule has 0 bridgehead atoms. The second-order valence-electron chi connectivity index (χ2n) is 5.33. The van der Waals surface area contributed by atoms with Crippen molar-refractivity contribution in [3.05, 3.63) is 48.0 Å². The molecule has 2 aromatic rings. The third-order valence-electron chi connectivity index (χ3n) is 4.03. The number of hydrogen-bond donors (Lipinski definition) is 1. The first-order chi connectivity index (χ1) is 9.29. The lowest BCUT2D eigenvalue weighted by atomic mass is 10.0. The minimum absolute atomic E-state index is 0.156. The maximum absolute atomic E-state index is 11.3. The van der Waals surface area contributed by atoms with Gasteiger partial charge in [-0.1, -0.05) is 49.4 Å². The van der Waals surface area contributed by atoms with Gasteiger partial charge in [0.1, 0.15) is 0 Å². The molecule has 1 N–H and O–H groups in total. The van der Waals surface area contributed by atoms with Crippen LogP contribution in [0.1, 0.15) is 31.2 Å². The van der Waals surface area contributed by atoms with E-state index in [-0.39, 0.29) is 5.91 Å². The molecule has 3 rings (SSSR count). The summed E-state index contributed by atoms with van der Waals surface area (Å²) in [4.78, 5) is 11.3. The van der Waals surface area contributed by atoms with E-state index in [1.807, 2.05) is 6.92 Å². The van der Waals surface area contributed by atoms with Crippen molar-refractivity contribution in [2.75, 3.05) is 6.54 Å². The number of benzene rings is 2. The maximum atomic E-state index is 11.3. The van der Waals surface area contributed by atoms with Crippen molar-refractivity contribution in [2.45, 2.75) is 25.7 Å². The van der Waals surface area contributed by atoms with Gasteiger partial charge >= 0.3 is 0 Å². The van der Waals surface area contributed by atoms with Crippen LogP contribution in [0.3, 0.4) is 0 Å². The van der Waals surface area contributed by atoms with Gasteiger partial charge in [-0.15, -0.1) is 0 Å². The van der Waals surface area contributed by atoms with Crippen molar-refractivity contribution in [1.29, 1.82) is 0 Å². The molecule has 0 aliphatic heterocycles. The zero-order valence-electron chi connectivity index (χ0n) is 11.2. The Bertz CT molecular complexity index is 600. The zero-order chi connectivity index (χ0) is 13.2. The second kappa shape index (κ2) is 5.04. The Hall–Kier alpha value is -1.83. The van der Waals surface area contributed by atoms with E-state index in [4.69, 9.17) is 0 Å². The SMILES string of the molecule is CCC(=O)NC[C@@H]1C[C@H]1c1cccc2ccccc12. The molecule has 1 aliphatic carbocycles. The quantitative estimate of drug-likeness (QED) is 0.888. The summed E-state index contributed by atoms with van der Waals surface area (Å²) in [5, 5.41) is 5.67. The fraction of sp³-hybridized carbons (Fsp3) is 0.353. The summed E-state index contributed by atoms with van der Waals surface area (Å²) in [7, 11) is 0. The summed E-state index contributed by atoms with van der Waals surface area (Å²) in [5.41, 5.74) is 1.44. The summed E-state index contributed by atoms with van der Waals surface area (Å²) >= 11 is 0. The molecule has 0 radical (unpaired) electrons. The van der Waals surface area contributed by atoms with Crippen LogP contribution in [-0.4, -0.2) is 12.5 Å². The molecule has 2 heteroatoms. The van der Waals surface area contributed by atoms with Gasteiger partial charge in [-0.2, -0.15) is 0 Å². The highest BCUT2D eigenvalue weighted by Crippen LogP contribution is 2.48. The molecule has 0 aromatic heterocycles. The third-order valence-corrected chi connectivity index (χ3v) is 4.03. The summed E-state index contributed by atoms with van der Waals surface area (Å²) in [5.74, 6) is 1.38. The number of nitrogens with one attached hydrogen (secondary N) is 1. The number of amides is 1. The Morgan fingerprint density at radius 1 is 1.21 bits per heavy atom. The van der Waals surface area contributed by atoms with Gasteiger partial charge in [0.05, 0.1) is 0 Å². The molecule has 19 heavy (non-hydrogen) atoms. The van der Waals surface area contributed by atoms with Crippen LogP contribution in [0.5, 0.6) is 0 Å². The lowest BCUT2D eigenvalue weighted by Gasteiger charge is -2.07. The molecule has 0 saturated heterocycles. The molecule has 1 aliphatic rings. The van der Waals surface area contributed by atoms with E-state index in [1.165, 1.54) is 22.8 Å². The Morgan fingerprint density at radius 2 is 2.00 bits per heavy atom. The van der Waals surface area contributed by atoms with E-state index >= 15 is 0 Å². The van der Waals surface area contributed by atoms with E-state index in [2.05, 4.69) is 47.8 Å². The minimum atomic E-state index is 0.156. The van der Waals surface area contributed by atoms with Crippen molar-refractivity contribution in [3.8, 4) is 0 Å². The van der Waals surface area contributed by atoms with Crippen LogP contribution in [0, 0.1) is 5.92 Å². The zero-order valence-corrected chi connectivity index (χ0v) is 11.2. The number of carbonyl (C=O) groups excluding carboxylic acids is 1. The highest BCUT2D eigenvalue weighted by atomic mass is 16.1. The lowest BCUT2D eigenvalue weighted by molar-refractivity contribution is -0.120. The van der Waals surface area contributed by atoms with Crippen LogP contribution in [0.15, 0.2) is 42.5 Å². The van der Waals surface area contributed by atoms with Gasteiger partial charge in [0.25, 0.3) is 0 Å². The van der Waals surface area contributed by atoms with E-state index in [1.54, 1.807) is 0 Å². The molecule has 2 nitrogen and oxygen atoms in total. The Kier molecular flexibility index (Phi) is 3.24. The number of hydrogen-bond acceptors (Lipinski definition) is 1. The fourth-order valence-electron chi connectivity index (χ4n) is 2.80. The van der Waals surface area contributed by atoms with Gasteiger partial charge < -0.3 is 5.32 Å². The minimum Gasteiger partial charge on any atom is -0.356 e. The molecule has 0 spiro atoms. The molecule has 1 fully saturated rings. The van der Waals surface area contributed by atoms with Gasteiger partial charge in [-0.25, -0.2) is 0 Å². The molecular formula is C17H19NO. The number of carbonyl (C=O) groups is 1. The normalized spacial score (nSPS) is 21.3. The van der Waals surface area contributed by atoms with Crippen LogP contribution in [0.2, 0.25) is 0 Å². The van der Waals surface area contributed by atoms with Crippen LogP contribution >= 0.6 is 0 Å². The topological polar surface area (TPSA) is 29.1 Å². The highest BCUT2D eigenvalue weighted by Gasteiger charge is 2.38. The van der Waals surface area contributed by atoms with Crippen LogP contribution < -0.4 is 5.32 Å². The van der Waals surface area contributed by atoms with Crippen molar-refractivity contribution in [2.24, 2.45) is 5.92 Å². The standard InChI is InChI=1S/C17H19NO/c1-2-17(19)18-11-13-10-16(13)15-9-5-7-12-6-3-4-8-14(12)15/h3-9,13,16H,2,10-11H2,1H3,(H,18,19)/t13-,16+/m0/s1. The molecule has 0 heterocycles. The van der Waals surface area contributed by atoms with Crippen LogP contribution in [0.25, 0.3) is 10.8 Å². The van der Waals surface area contributed by atoms with Crippen molar-refractivity contribution < 1.29 is 4.79 Å². The van der Waals surface area contributed by atoms with Crippen molar-refractivity contribution in [3.63, 3.8) is 0 Å². The Labute approximate surface area is 113 Å². The molecule has 2 aromatic carbocycles. The maximum Gasteiger partial charge on any atom is 0.219 e. The van der Waals surface area contributed by atoms with E-state index in [0.717, 1.165) is 6.54 Å². The third kappa shape index (κ3) is 2.48. The first-order valence-corrected chi connectivity index (χ1v) is 7.04. The average Bonchev–Trinajstić information content (AvgIpc) is 3.23. The Balaban J connectivity index is 1.75. The van der Waals surface area contributed by atoms with Gasteiger partial charge in [-0.3, -0.25) is 4.79 Å². The fourth-order valence-corrected chi connectivity index (χ4v) is 2.80. The average molecular weight is 253 g/mol. The van der Waals surface area contributed by atoms with E-state index < -0.39 is 0 Å². The summed E-state index contributed by atoms with van der Waals surface area (Å²) in [6, 6.07) is 15.1. The molecule has 2 atom stereocenters. The van der Waals surface area contributed by atoms with Gasteiger partial charge in [0.2, 0.25) is 5.91 Å². The summed E-state index contributed by atoms with van der Waals surface area (Å²) in [6.45, 7) is 2.71. The smallest absolute Gasteiger partial charge is 0.219 e. The van der Waals surface area contributed by atoms with Gasteiger partial charge in [0, 0.05) is 13.0 Å². The Morgan fingerprint density at radius 3 is 2.84 bits per heavy atom. The predicted octanol–water partition coefficient (Wildman–Crippen LogP) is 3.47. The van der Waals surface area contributed by atoms with Crippen LogP contribution in [-0.2, 0) is 4.79 Å². The first-order valence-electron chi connectivity index (χ1n) is 7.04. The molecular weight excluding hydrogens is 234 g/mol. The number of rotatable bonds is 4. The van der Waals surface area contributed by atoms with Gasteiger partial charge in [0.15, 0.2) is 0 Å². The molecule has 98 valence electrons. The number of fused-ring (bicyclic) bond motifs is 1. The predicted molar refractivity (Wildman–Crippen MR) is 78.1 cm³/mol. The van der Waals surface area contributed by atoms with Crippen molar-refractivity contribution in [1.82, 2.24) is 5.32 Å². The summed E-state index contributed by atoms with van der Waals surface area (Å²) in [6.07, 6.45) is 1.77. The van der Waals surface area contributed by atoms with E-state index in [0.29, 0.717) is 18.3 Å². The molecule has 1 amide bonds. The highest BCUT2D eigenvalue weighted by molar-refractivity contribution is 5.86. The second-order valence-corrected chi connectivity index (χ2v) is 5.33. The van der Waals surface area contributed by atoms with Gasteiger partial charge in [-0.05, 0) is 34.6 Å². The van der Waals surface area contributed by atoms with E-state index in [9.17, 15) is 4.79 Å². The molecule has 0 unspecified atom stereocenters. The van der Waals surface area contributed by atoms with Crippen molar-refractivity contribution >= 4 is 16.7 Å². The lowest BCUT2D eigenvalue weighted by Crippen LogP contribution is -2.24. The van der Waals surface area contributed by atoms with Crippen LogP contribution in [0.4, 0.5) is 0 Å². The first kappa shape index (κ1) is 12.2. The molecule has 1 saturated carbocycles. The monoisotopic (exact) mass is 253 g/mol. The largest absolute Gasteiger partial charge is 0.356 e. The summed E-state index contributed by atoms with van der Waals surface area (Å²) < 4.78 is 0.